The smallest absolute Gasteiger partial charge is 0.220 e. The van der Waals surface area contributed by atoms with Crippen molar-refractivity contribution in [2.75, 3.05) is 0 Å². The Morgan fingerprint density at radius 3 is 2.89 bits per heavy atom. The summed E-state index contributed by atoms with van der Waals surface area (Å²) in [5, 5.41) is 13.0. The lowest BCUT2D eigenvalue weighted by atomic mass is 10.1. The normalized spacial score (nSPS) is 21.2. The van der Waals surface area contributed by atoms with E-state index in [1.807, 2.05) is 24.3 Å². The number of hydrogen-bond donors (Lipinski definition) is 2. The van der Waals surface area contributed by atoms with Crippen LogP contribution in [0.2, 0.25) is 0 Å². The third kappa shape index (κ3) is 3.57. The van der Waals surface area contributed by atoms with Crippen molar-refractivity contribution >= 4 is 5.91 Å². The fraction of sp³-hybridized carbons (Fsp3) is 0.562. The molecule has 104 valence electrons. The molecule has 3 heteroatoms. The third-order valence-electron chi connectivity index (χ3n) is 3.78. The first kappa shape index (κ1) is 14.1. The van der Waals surface area contributed by atoms with Gasteiger partial charge in [0.05, 0.1) is 12.1 Å². The van der Waals surface area contributed by atoms with Crippen LogP contribution in [-0.4, -0.2) is 17.1 Å². The molecule has 1 aliphatic carbocycles. The zero-order chi connectivity index (χ0) is 13.7. The molecule has 0 heterocycles. The van der Waals surface area contributed by atoms with Gasteiger partial charge in [-0.25, -0.2) is 0 Å². The number of benzene rings is 1. The standard InChI is InChI=1S/C16H23NO2/c1-2-3-4-5-10-15(19)17-16-13-9-7-6-8-12(13)11-14(16)18/h6-9,14,16,18H,2-5,10-11H2,1H3,(H,17,19)/t14-,16+/m0/s1. The van der Waals surface area contributed by atoms with E-state index >= 15 is 0 Å². The van der Waals surface area contributed by atoms with Gasteiger partial charge in [0.15, 0.2) is 0 Å². The van der Waals surface area contributed by atoms with Crippen molar-refractivity contribution in [3.63, 3.8) is 0 Å². The van der Waals surface area contributed by atoms with Crippen molar-refractivity contribution in [3.8, 4) is 0 Å². The van der Waals surface area contributed by atoms with E-state index in [9.17, 15) is 9.90 Å². The second-order valence-electron chi connectivity index (χ2n) is 5.33. The zero-order valence-corrected chi connectivity index (χ0v) is 11.6. The number of hydrogen-bond acceptors (Lipinski definition) is 2. The van der Waals surface area contributed by atoms with Gasteiger partial charge in [0.25, 0.3) is 0 Å². The number of rotatable bonds is 6. The summed E-state index contributed by atoms with van der Waals surface area (Å²) < 4.78 is 0. The van der Waals surface area contributed by atoms with Gasteiger partial charge < -0.3 is 10.4 Å². The summed E-state index contributed by atoms with van der Waals surface area (Å²) in [6.45, 7) is 2.16. The second-order valence-corrected chi connectivity index (χ2v) is 5.33. The highest BCUT2D eigenvalue weighted by Gasteiger charge is 2.31. The van der Waals surface area contributed by atoms with Crippen LogP contribution in [-0.2, 0) is 11.2 Å². The van der Waals surface area contributed by atoms with Crippen LogP contribution in [0.1, 0.15) is 56.2 Å². The van der Waals surface area contributed by atoms with Crippen molar-refractivity contribution < 1.29 is 9.90 Å². The molecule has 0 saturated carbocycles. The Kier molecular flexibility index (Phi) is 4.97. The van der Waals surface area contributed by atoms with E-state index < -0.39 is 6.10 Å². The molecule has 2 rings (SSSR count). The molecule has 0 radical (unpaired) electrons. The quantitative estimate of drug-likeness (QED) is 0.774. The minimum absolute atomic E-state index is 0.0526. The number of fused-ring (bicyclic) bond motifs is 1. The molecule has 0 spiro atoms. The molecule has 2 N–H and O–H groups in total. The lowest BCUT2D eigenvalue weighted by Gasteiger charge is -2.17. The summed E-state index contributed by atoms with van der Waals surface area (Å²) >= 11 is 0. The molecule has 0 aliphatic heterocycles. The van der Waals surface area contributed by atoms with E-state index in [1.54, 1.807) is 0 Å². The molecule has 0 aromatic heterocycles. The highest BCUT2D eigenvalue weighted by molar-refractivity contribution is 5.76. The maximum Gasteiger partial charge on any atom is 0.220 e. The fourth-order valence-corrected chi connectivity index (χ4v) is 2.71. The van der Waals surface area contributed by atoms with E-state index in [0.717, 1.165) is 24.0 Å². The molecule has 0 unspecified atom stereocenters. The summed E-state index contributed by atoms with van der Waals surface area (Å²) in [4.78, 5) is 11.9. The molecule has 3 nitrogen and oxygen atoms in total. The van der Waals surface area contributed by atoms with E-state index in [2.05, 4.69) is 12.2 Å². The number of carbonyl (C=O) groups is 1. The molecular weight excluding hydrogens is 238 g/mol. The Morgan fingerprint density at radius 1 is 1.32 bits per heavy atom. The highest BCUT2D eigenvalue weighted by atomic mass is 16.3. The molecule has 2 atom stereocenters. The van der Waals surface area contributed by atoms with Gasteiger partial charge in [-0.15, -0.1) is 0 Å². The monoisotopic (exact) mass is 261 g/mol. The Hall–Kier alpha value is -1.35. The first-order valence-electron chi connectivity index (χ1n) is 7.27. The number of aliphatic hydroxyl groups excluding tert-OH is 1. The Labute approximate surface area is 115 Å². The van der Waals surface area contributed by atoms with Gasteiger partial charge in [0.2, 0.25) is 5.91 Å². The van der Waals surface area contributed by atoms with Crippen LogP contribution in [0.15, 0.2) is 24.3 Å². The molecule has 1 amide bonds. The first-order chi connectivity index (χ1) is 9.22. The molecule has 1 aromatic rings. The topological polar surface area (TPSA) is 49.3 Å². The van der Waals surface area contributed by atoms with Crippen molar-refractivity contribution in [2.24, 2.45) is 0 Å². The van der Waals surface area contributed by atoms with Crippen LogP contribution >= 0.6 is 0 Å². The van der Waals surface area contributed by atoms with E-state index in [1.165, 1.54) is 12.8 Å². The lowest BCUT2D eigenvalue weighted by molar-refractivity contribution is -0.122. The average molecular weight is 261 g/mol. The molecular formula is C16H23NO2. The van der Waals surface area contributed by atoms with Crippen molar-refractivity contribution in [3.05, 3.63) is 35.4 Å². The summed E-state index contributed by atoms with van der Waals surface area (Å²) in [6.07, 6.45) is 5.11. The van der Waals surface area contributed by atoms with Gasteiger partial charge >= 0.3 is 0 Å². The van der Waals surface area contributed by atoms with Gasteiger partial charge in [-0.05, 0) is 17.5 Å². The SMILES string of the molecule is CCCCCCC(=O)N[C@@H]1c2ccccc2C[C@@H]1O. The van der Waals surface area contributed by atoms with E-state index in [-0.39, 0.29) is 11.9 Å². The Balaban J connectivity index is 1.87. The van der Waals surface area contributed by atoms with E-state index in [4.69, 9.17) is 0 Å². The largest absolute Gasteiger partial charge is 0.390 e. The van der Waals surface area contributed by atoms with Crippen LogP contribution in [0.4, 0.5) is 0 Å². The maximum atomic E-state index is 11.9. The van der Waals surface area contributed by atoms with Crippen LogP contribution < -0.4 is 5.32 Å². The third-order valence-corrected chi connectivity index (χ3v) is 3.78. The number of aliphatic hydroxyl groups is 1. The van der Waals surface area contributed by atoms with Crippen molar-refractivity contribution in [1.29, 1.82) is 0 Å². The van der Waals surface area contributed by atoms with Gasteiger partial charge in [0, 0.05) is 12.8 Å². The van der Waals surface area contributed by atoms with Crippen molar-refractivity contribution in [2.45, 2.75) is 57.6 Å². The van der Waals surface area contributed by atoms with Gasteiger partial charge in [-0.3, -0.25) is 4.79 Å². The predicted octanol–water partition coefficient (Wildman–Crippen LogP) is 2.73. The number of carbonyl (C=O) groups excluding carboxylic acids is 1. The first-order valence-corrected chi connectivity index (χ1v) is 7.27. The van der Waals surface area contributed by atoms with Gasteiger partial charge in [-0.2, -0.15) is 0 Å². The number of nitrogens with one attached hydrogen (secondary N) is 1. The van der Waals surface area contributed by atoms with Crippen LogP contribution in [0.3, 0.4) is 0 Å². The molecule has 0 bridgehead atoms. The lowest BCUT2D eigenvalue weighted by Crippen LogP contribution is -2.33. The van der Waals surface area contributed by atoms with Crippen LogP contribution in [0, 0.1) is 0 Å². The van der Waals surface area contributed by atoms with Gasteiger partial charge in [-0.1, -0.05) is 50.5 Å². The van der Waals surface area contributed by atoms with Crippen LogP contribution in [0.5, 0.6) is 0 Å². The second kappa shape index (κ2) is 6.71. The van der Waals surface area contributed by atoms with Gasteiger partial charge in [0.1, 0.15) is 0 Å². The highest BCUT2D eigenvalue weighted by Crippen LogP contribution is 2.31. The molecule has 0 saturated heterocycles. The predicted molar refractivity (Wildman–Crippen MR) is 75.8 cm³/mol. The molecule has 1 aliphatic rings. The summed E-state index contributed by atoms with van der Waals surface area (Å²) in [6, 6.07) is 7.71. The zero-order valence-electron chi connectivity index (χ0n) is 11.6. The molecule has 0 fully saturated rings. The molecule has 19 heavy (non-hydrogen) atoms. The number of unbranched alkanes of at least 4 members (excludes halogenated alkanes) is 3. The van der Waals surface area contributed by atoms with Crippen LogP contribution in [0.25, 0.3) is 0 Å². The van der Waals surface area contributed by atoms with E-state index in [0.29, 0.717) is 12.8 Å². The Bertz CT molecular complexity index is 431. The average Bonchev–Trinajstić information content (AvgIpc) is 2.72. The maximum absolute atomic E-state index is 11.9. The number of amides is 1. The molecule has 1 aromatic carbocycles. The summed E-state index contributed by atoms with van der Waals surface area (Å²) in [7, 11) is 0. The minimum Gasteiger partial charge on any atom is -0.390 e. The Morgan fingerprint density at radius 2 is 2.11 bits per heavy atom. The summed E-state index contributed by atoms with van der Waals surface area (Å²) in [5.41, 5.74) is 2.21. The van der Waals surface area contributed by atoms with Crippen molar-refractivity contribution in [1.82, 2.24) is 5.32 Å². The fourth-order valence-electron chi connectivity index (χ4n) is 2.71. The summed E-state index contributed by atoms with van der Waals surface area (Å²) in [5.74, 6) is 0.0526. The minimum atomic E-state index is -0.489.